The van der Waals surface area contributed by atoms with Crippen molar-refractivity contribution in [1.82, 2.24) is 5.32 Å². The van der Waals surface area contributed by atoms with Crippen LogP contribution in [0.1, 0.15) is 44.6 Å². The zero-order valence-electron chi connectivity index (χ0n) is 12.2. The first kappa shape index (κ1) is 15.0. The molecule has 4 nitrogen and oxygen atoms in total. The van der Waals surface area contributed by atoms with Crippen molar-refractivity contribution in [2.45, 2.75) is 51.5 Å². The van der Waals surface area contributed by atoms with Gasteiger partial charge in [-0.05, 0) is 43.7 Å². The van der Waals surface area contributed by atoms with Gasteiger partial charge in [-0.3, -0.25) is 10.1 Å². The molecule has 1 aliphatic carbocycles. The van der Waals surface area contributed by atoms with E-state index in [1.165, 1.54) is 37.7 Å². The summed E-state index contributed by atoms with van der Waals surface area (Å²) < 4.78 is 0. The van der Waals surface area contributed by atoms with Crippen molar-refractivity contribution in [2.24, 2.45) is 5.92 Å². The van der Waals surface area contributed by atoms with Crippen LogP contribution in [0.3, 0.4) is 0 Å². The van der Waals surface area contributed by atoms with Gasteiger partial charge >= 0.3 is 0 Å². The van der Waals surface area contributed by atoms with Crippen molar-refractivity contribution in [3.63, 3.8) is 0 Å². The monoisotopic (exact) mass is 276 g/mol. The SMILES string of the molecule is CCCNC1CCCCC1Cc1ccc([N+](=O)[O-])cc1. The highest BCUT2D eigenvalue weighted by Gasteiger charge is 2.24. The van der Waals surface area contributed by atoms with Crippen LogP contribution >= 0.6 is 0 Å². The van der Waals surface area contributed by atoms with Gasteiger partial charge in [0.2, 0.25) is 0 Å². The number of hydrogen-bond donors (Lipinski definition) is 1. The van der Waals surface area contributed by atoms with E-state index in [1.807, 2.05) is 12.1 Å². The molecule has 1 aromatic rings. The van der Waals surface area contributed by atoms with Crippen LogP contribution in [-0.4, -0.2) is 17.5 Å². The minimum absolute atomic E-state index is 0.179. The highest BCUT2D eigenvalue weighted by molar-refractivity contribution is 5.33. The van der Waals surface area contributed by atoms with Gasteiger partial charge < -0.3 is 5.32 Å². The Hall–Kier alpha value is -1.42. The second-order valence-corrected chi connectivity index (χ2v) is 5.73. The molecule has 1 aromatic carbocycles. The number of rotatable bonds is 6. The van der Waals surface area contributed by atoms with E-state index in [-0.39, 0.29) is 10.6 Å². The van der Waals surface area contributed by atoms with Crippen LogP contribution in [0.2, 0.25) is 0 Å². The molecular formula is C16H24N2O2. The summed E-state index contributed by atoms with van der Waals surface area (Å²) in [7, 11) is 0. The van der Waals surface area contributed by atoms with Gasteiger partial charge in [0.15, 0.2) is 0 Å². The molecule has 4 heteroatoms. The quantitative estimate of drug-likeness (QED) is 0.636. The number of hydrogen-bond acceptors (Lipinski definition) is 3. The van der Waals surface area contributed by atoms with Gasteiger partial charge in [0.25, 0.3) is 5.69 Å². The fourth-order valence-corrected chi connectivity index (χ4v) is 3.11. The fourth-order valence-electron chi connectivity index (χ4n) is 3.11. The zero-order chi connectivity index (χ0) is 14.4. The van der Waals surface area contributed by atoms with E-state index in [4.69, 9.17) is 0 Å². The molecule has 0 saturated heterocycles. The first-order valence-electron chi connectivity index (χ1n) is 7.67. The molecule has 2 rings (SSSR count). The Kier molecular flexibility index (Phi) is 5.53. The van der Waals surface area contributed by atoms with Crippen molar-refractivity contribution in [2.75, 3.05) is 6.54 Å². The lowest BCUT2D eigenvalue weighted by Crippen LogP contribution is -2.39. The molecule has 1 fully saturated rings. The molecule has 20 heavy (non-hydrogen) atoms. The summed E-state index contributed by atoms with van der Waals surface area (Å²) in [6.45, 7) is 3.28. The lowest BCUT2D eigenvalue weighted by Gasteiger charge is -2.32. The lowest BCUT2D eigenvalue weighted by molar-refractivity contribution is -0.384. The number of nitrogens with one attached hydrogen (secondary N) is 1. The highest BCUT2D eigenvalue weighted by atomic mass is 16.6. The molecule has 0 aliphatic heterocycles. The van der Waals surface area contributed by atoms with Crippen molar-refractivity contribution in [3.05, 3.63) is 39.9 Å². The predicted octanol–water partition coefficient (Wildman–Crippen LogP) is 3.70. The van der Waals surface area contributed by atoms with Crippen molar-refractivity contribution in [1.29, 1.82) is 0 Å². The molecule has 0 bridgehead atoms. The van der Waals surface area contributed by atoms with E-state index in [9.17, 15) is 10.1 Å². The largest absolute Gasteiger partial charge is 0.314 e. The van der Waals surface area contributed by atoms with Crippen LogP contribution in [0.4, 0.5) is 5.69 Å². The summed E-state index contributed by atoms with van der Waals surface area (Å²) in [5.74, 6) is 0.664. The Morgan fingerprint density at radius 2 is 1.95 bits per heavy atom. The Morgan fingerprint density at radius 3 is 2.60 bits per heavy atom. The molecule has 1 aliphatic rings. The second kappa shape index (κ2) is 7.39. The van der Waals surface area contributed by atoms with Crippen LogP contribution in [0.25, 0.3) is 0 Å². The summed E-state index contributed by atoms with van der Waals surface area (Å²) in [4.78, 5) is 10.3. The van der Waals surface area contributed by atoms with Gasteiger partial charge in [0, 0.05) is 18.2 Å². The third-order valence-electron chi connectivity index (χ3n) is 4.21. The number of non-ortho nitro benzene ring substituents is 1. The second-order valence-electron chi connectivity index (χ2n) is 5.73. The van der Waals surface area contributed by atoms with Gasteiger partial charge in [0.05, 0.1) is 4.92 Å². The van der Waals surface area contributed by atoms with Crippen molar-refractivity contribution < 1.29 is 4.92 Å². The summed E-state index contributed by atoms with van der Waals surface area (Å²) >= 11 is 0. The minimum Gasteiger partial charge on any atom is -0.314 e. The standard InChI is InChI=1S/C16H24N2O2/c1-2-11-17-16-6-4-3-5-14(16)12-13-7-9-15(10-8-13)18(19)20/h7-10,14,16-17H,2-6,11-12H2,1H3. The Bertz CT molecular complexity index is 431. The van der Waals surface area contributed by atoms with Gasteiger partial charge in [-0.15, -0.1) is 0 Å². The molecule has 0 amide bonds. The van der Waals surface area contributed by atoms with E-state index < -0.39 is 0 Å². The number of nitrogens with zero attached hydrogens (tertiary/aromatic N) is 1. The van der Waals surface area contributed by atoms with Gasteiger partial charge in [-0.1, -0.05) is 31.9 Å². The molecule has 0 radical (unpaired) electrons. The normalized spacial score (nSPS) is 22.6. The Morgan fingerprint density at radius 1 is 1.25 bits per heavy atom. The average Bonchev–Trinajstić information content (AvgIpc) is 2.47. The van der Waals surface area contributed by atoms with Gasteiger partial charge in [-0.2, -0.15) is 0 Å². The number of nitro groups is 1. The minimum atomic E-state index is -0.337. The van der Waals surface area contributed by atoms with E-state index in [2.05, 4.69) is 12.2 Å². The van der Waals surface area contributed by atoms with Gasteiger partial charge in [0.1, 0.15) is 0 Å². The Balaban J connectivity index is 1.97. The Labute approximate surface area is 120 Å². The van der Waals surface area contributed by atoms with E-state index >= 15 is 0 Å². The number of benzene rings is 1. The topological polar surface area (TPSA) is 55.2 Å². The van der Waals surface area contributed by atoms with E-state index in [0.717, 1.165) is 13.0 Å². The molecule has 0 heterocycles. The first-order valence-corrected chi connectivity index (χ1v) is 7.67. The third kappa shape index (κ3) is 4.04. The summed E-state index contributed by atoms with van der Waals surface area (Å²) in [6, 6.07) is 7.66. The lowest BCUT2D eigenvalue weighted by atomic mass is 9.80. The molecule has 110 valence electrons. The number of nitro benzene ring substituents is 1. The molecule has 2 unspecified atom stereocenters. The van der Waals surface area contributed by atoms with E-state index in [1.54, 1.807) is 12.1 Å². The average molecular weight is 276 g/mol. The fraction of sp³-hybridized carbons (Fsp3) is 0.625. The van der Waals surface area contributed by atoms with Crippen LogP contribution < -0.4 is 5.32 Å². The smallest absolute Gasteiger partial charge is 0.269 e. The maximum atomic E-state index is 10.7. The van der Waals surface area contributed by atoms with Crippen molar-refractivity contribution in [3.8, 4) is 0 Å². The molecule has 1 N–H and O–H groups in total. The molecule has 0 spiro atoms. The first-order chi connectivity index (χ1) is 9.70. The molecular weight excluding hydrogens is 252 g/mol. The van der Waals surface area contributed by atoms with E-state index in [0.29, 0.717) is 12.0 Å². The summed E-state index contributed by atoms with van der Waals surface area (Å²) in [6.07, 6.45) is 7.34. The highest BCUT2D eigenvalue weighted by Crippen LogP contribution is 2.28. The van der Waals surface area contributed by atoms with Gasteiger partial charge in [-0.25, -0.2) is 0 Å². The molecule has 2 atom stereocenters. The van der Waals surface area contributed by atoms with Crippen LogP contribution in [0.15, 0.2) is 24.3 Å². The summed E-state index contributed by atoms with van der Waals surface area (Å²) in [5.41, 5.74) is 1.39. The third-order valence-corrected chi connectivity index (χ3v) is 4.21. The molecule has 1 saturated carbocycles. The zero-order valence-corrected chi connectivity index (χ0v) is 12.2. The maximum absolute atomic E-state index is 10.7. The van der Waals surface area contributed by atoms with Crippen LogP contribution in [-0.2, 0) is 6.42 Å². The predicted molar refractivity (Wildman–Crippen MR) is 80.8 cm³/mol. The van der Waals surface area contributed by atoms with Crippen molar-refractivity contribution >= 4 is 5.69 Å². The molecule has 0 aromatic heterocycles. The summed E-state index contributed by atoms with van der Waals surface area (Å²) in [5, 5.41) is 14.3. The maximum Gasteiger partial charge on any atom is 0.269 e. The van der Waals surface area contributed by atoms with Crippen LogP contribution in [0, 0.1) is 16.0 Å². The van der Waals surface area contributed by atoms with Crippen LogP contribution in [0.5, 0.6) is 0 Å².